The number of benzene rings is 2. The smallest absolute Gasteiger partial charge is 0.267 e. The van der Waals surface area contributed by atoms with Crippen molar-refractivity contribution in [2.75, 3.05) is 26.7 Å². The fraction of sp³-hybridized carbons (Fsp3) is 0.276. The van der Waals surface area contributed by atoms with Gasteiger partial charge in [-0.1, -0.05) is 30.3 Å². The van der Waals surface area contributed by atoms with Gasteiger partial charge < -0.3 is 15.1 Å². The van der Waals surface area contributed by atoms with Crippen LogP contribution in [0.2, 0.25) is 0 Å². The summed E-state index contributed by atoms with van der Waals surface area (Å²) in [7, 11) is 2.15. The summed E-state index contributed by atoms with van der Waals surface area (Å²) in [5.74, 6) is 1.83. The van der Waals surface area contributed by atoms with Crippen LogP contribution in [0.4, 0.5) is 0 Å². The van der Waals surface area contributed by atoms with Crippen LogP contribution in [-0.2, 0) is 6.54 Å². The first-order chi connectivity index (χ1) is 18.1. The molecule has 0 spiro atoms. The van der Waals surface area contributed by atoms with Gasteiger partial charge >= 0.3 is 0 Å². The van der Waals surface area contributed by atoms with Crippen LogP contribution in [0.5, 0.6) is 5.75 Å². The van der Waals surface area contributed by atoms with Crippen molar-refractivity contribution in [3.63, 3.8) is 0 Å². The molecule has 0 unspecified atom stereocenters. The highest BCUT2D eigenvalue weighted by Gasteiger charge is 2.17. The molecule has 0 radical (unpaired) electrons. The lowest BCUT2D eigenvalue weighted by Gasteiger charge is -2.28. The predicted octanol–water partition coefficient (Wildman–Crippen LogP) is 3.18. The van der Waals surface area contributed by atoms with Crippen molar-refractivity contribution >= 4 is 0 Å². The third-order valence-corrected chi connectivity index (χ3v) is 6.62. The molecule has 0 saturated carbocycles. The van der Waals surface area contributed by atoms with Crippen molar-refractivity contribution < 1.29 is 10.2 Å². The molecule has 2 N–H and O–H groups in total. The van der Waals surface area contributed by atoms with Gasteiger partial charge in [-0.05, 0) is 68.7 Å². The van der Waals surface area contributed by atoms with Crippen LogP contribution in [0.3, 0.4) is 0 Å². The number of likely N-dealkylation sites (tertiary alicyclic amines) is 1. The van der Waals surface area contributed by atoms with Crippen molar-refractivity contribution in [3.8, 4) is 34.5 Å². The Morgan fingerprint density at radius 1 is 1.00 bits per heavy atom. The Labute approximate surface area is 221 Å². The zero-order valence-electron chi connectivity index (χ0n) is 21.2. The van der Waals surface area contributed by atoms with E-state index in [9.17, 15) is 10.1 Å². The summed E-state index contributed by atoms with van der Waals surface area (Å²) in [5, 5.41) is 13.7. The summed E-state index contributed by atoms with van der Waals surface area (Å²) in [6.07, 6.45) is 5.73. The second-order valence-corrected chi connectivity index (χ2v) is 9.41. The van der Waals surface area contributed by atoms with E-state index in [1.54, 1.807) is 36.7 Å². The lowest BCUT2D eigenvalue weighted by Crippen LogP contribution is -2.32. The average Bonchev–Trinajstić information content (AvgIpc) is 2.94. The number of hydrogen-bond acceptors (Lipinski definition) is 7. The Morgan fingerprint density at radius 2 is 1.74 bits per heavy atom. The number of ether oxygens (including phenoxy) is 1. The first kappa shape index (κ1) is 26.7. The van der Waals surface area contributed by atoms with Gasteiger partial charge in [-0.15, -0.1) is 0 Å². The lowest BCUT2D eigenvalue weighted by molar-refractivity contribution is 0.159. The highest BCUT2D eigenvalue weighted by Crippen LogP contribution is 2.21. The van der Waals surface area contributed by atoms with Gasteiger partial charge in [-0.25, -0.2) is 14.6 Å². The Hall–Kier alpha value is -4.39. The number of piperidine rings is 1. The molecular weight excluding hydrogens is 480 g/mol. The van der Waals surface area contributed by atoms with Gasteiger partial charge in [0.25, 0.3) is 5.56 Å². The van der Waals surface area contributed by atoms with Gasteiger partial charge in [0.15, 0.2) is 11.6 Å². The molecule has 194 valence electrons. The van der Waals surface area contributed by atoms with Gasteiger partial charge in [-0.3, -0.25) is 4.79 Å². The predicted molar refractivity (Wildman–Crippen MR) is 145 cm³/mol. The normalized spacial score (nSPS) is 13.9. The second-order valence-electron chi connectivity index (χ2n) is 9.41. The summed E-state index contributed by atoms with van der Waals surface area (Å²) in [6, 6.07) is 20.3. The highest BCUT2D eigenvalue weighted by molar-refractivity contribution is 5.60. The highest BCUT2D eigenvalue weighted by atomic mass is 16.5. The van der Waals surface area contributed by atoms with E-state index in [0.717, 1.165) is 42.6 Å². The summed E-state index contributed by atoms with van der Waals surface area (Å²) >= 11 is 0. The summed E-state index contributed by atoms with van der Waals surface area (Å²) < 4.78 is 7.37. The van der Waals surface area contributed by atoms with E-state index in [-0.39, 0.29) is 11.0 Å². The SMILES string of the molecule is CN1CCC(COc2cnc(-c3cccc(Cn4nc(-c5cccc(C#N)c5)ccc4=O)c3)nc2)CC1.O. The molecule has 0 bridgehead atoms. The standard InChI is InChI=1S/C29H28N6O2.H2O/c1-34-12-10-21(11-13-34)20-37-26-17-31-29(32-18-26)25-7-3-5-23(15-25)19-35-28(36)9-8-27(33-35)24-6-2-4-22(14-24)16-30;/h2-9,14-15,17-18,21H,10-13,19-20H2,1H3;1H2. The minimum atomic E-state index is -0.201. The zero-order valence-corrected chi connectivity index (χ0v) is 21.2. The van der Waals surface area contributed by atoms with E-state index in [0.29, 0.717) is 41.9 Å². The average molecular weight is 511 g/mol. The lowest BCUT2D eigenvalue weighted by atomic mass is 9.98. The summed E-state index contributed by atoms with van der Waals surface area (Å²) in [4.78, 5) is 23.9. The van der Waals surface area contributed by atoms with Gasteiger partial charge in [0, 0.05) is 17.2 Å². The minimum absolute atomic E-state index is 0. The zero-order chi connectivity index (χ0) is 25.6. The molecule has 3 heterocycles. The molecule has 2 aromatic carbocycles. The van der Waals surface area contributed by atoms with E-state index in [4.69, 9.17) is 4.74 Å². The van der Waals surface area contributed by atoms with Crippen molar-refractivity contribution in [1.82, 2.24) is 24.6 Å². The molecule has 0 aliphatic carbocycles. The molecule has 2 aromatic heterocycles. The third kappa shape index (κ3) is 6.48. The molecule has 1 aliphatic heterocycles. The number of aromatic nitrogens is 4. The van der Waals surface area contributed by atoms with E-state index >= 15 is 0 Å². The van der Waals surface area contributed by atoms with Crippen LogP contribution < -0.4 is 10.3 Å². The fourth-order valence-corrected chi connectivity index (χ4v) is 4.43. The Balaban J connectivity index is 0.00000336. The maximum Gasteiger partial charge on any atom is 0.267 e. The second kappa shape index (κ2) is 12.2. The molecule has 1 aliphatic rings. The Bertz CT molecular complexity index is 1470. The van der Waals surface area contributed by atoms with E-state index < -0.39 is 0 Å². The Morgan fingerprint density at radius 3 is 2.50 bits per heavy atom. The summed E-state index contributed by atoms with van der Waals surface area (Å²) in [6.45, 7) is 3.21. The topological polar surface area (TPSA) is 128 Å². The molecular formula is C29H30N6O3. The molecule has 0 atom stereocenters. The number of rotatable bonds is 7. The first-order valence-corrected chi connectivity index (χ1v) is 12.4. The Kier molecular flexibility index (Phi) is 8.58. The van der Waals surface area contributed by atoms with E-state index in [1.165, 1.54) is 10.7 Å². The third-order valence-electron chi connectivity index (χ3n) is 6.62. The monoisotopic (exact) mass is 510 g/mol. The van der Waals surface area contributed by atoms with Crippen molar-refractivity contribution in [1.29, 1.82) is 5.26 Å². The fourth-order valence-electron chi connectivity index (χ4n) is 4.43. The number of nitrogens with zero attached hydrogens (tertiary/aromatic N) is 6. The van der Waals surface area contributed by atoms with Gasteiger partial charge in [-0.2, -0.15) is 10.4 Å². The van der Waals surface area contributed by atoms with Crippen molar-refractivity contribution in [2.45, 2.75) is 19.4 Å². The quantitative estimate of drug-likeness (QED) is 0.373. The maximum atomic E-state index is 12.5. The molecule has 1 saturated heterocycles. The van der Waals surface area contributed by atoms with Crippen LogP contribution in [0.25, 0.3) is 22.6 Å². The van der Waals surface area contributed by atoms with Gasteiger partial charge in [0.2, 0.25) is 0 Å². The van der Waals surface area contributed by atoms with E-state index in [2.05, 4.69) is 33.1 Å². The summed E-state index contributed by atoms with van der Waals surface area (Å²) in [5.41, 5.74) is 3.52. The molecule has 9 nitrogen and oxygen atoms in total. The molecule has 9 heteroatoms. The number of nitriles is 1. The largest absolute Gasteiger partial charge is 0.490 e. The molecule has 5 rings (SSSR count). The first-order valence-electron chi connectivity index (χ1n) is 12.4. The molecule has 0 amide bonds. The maximum absolute atomic E-state index is 12.5. The van der Waals surface area contributed by atoms with Crippen LogP contribution in [-0.4, -0.2) is 56.9 Å². The molecule has 38 heavy (non-hydrogen) atoms. The molecule has 1 fully saturated rings. The minimum Gasteiger partial charge on any atom is -0.490 e. The van der Waals surface area contributed by atoms with Crippen LogP contribution in [0.15, 0.2) is 77.9 Å². The van der Waals surface area contributed by atoms with Crippen LogP contribution in [0, 0.1) is 17.2 Å². The number of hydrogen-bond donors (Lipinski definition) is 0. The van der Waals surface area contributed by atoms with Gasteiger partial charge in [0.05, 0.1) is 42.9 Å². The van der Waals surface area contributed by atoms with Crippen LogP contribution in [0.1, 0.15) is 24.0 Å². The molecule has 4 aromatic rings. The van der Waals surface area contributed by atoms with Crippen molar-refractivity contribution in [2.24, 2.45) is 5.92 Å². The van der Waals surface area contributed by atoms with Crippen molar-refractivity contribution in [3.05, 3.63) is 94.5 Å². The van der Waals surface area contributed by atoms with Gasteiger partial charge in [0.1, 0.15) is 0 Å². The van der Waals surface area contributed by atoms with E-state index in [1.807, 2.05) is 30.3 Å². The van der Waals surface area contributed by atoms with Crippen LogP contribution >= 0.6 is 0 Å².